The predicted octanol–water partition coefficient (Wildman–Crippen LogP) is 8.41. The van der Waals surface area contributed by atoms with E-state index in [9.17, 15) is 14.5 Å². The first-order valence-electron chi connectivity index (χ1n) is 15.0. The van der Waals surface area contributed by atoms with Crippen LogP contribution in [0.15, 0.2) is 0 Å². The summed E-state index contributed by atoms with van der Waals surface area (Å²) in [5, 5.41) is 10.6. The second kappa shape index (κ2) is 24.8. The van der Waals surface area contributed by atoms with E-state index in [1.807, 2.05) is 0 Å². The van der Waals surface area contributed by atoms with Crippen LogP contribution in [-0.4, -0.2) is 53.0 Å². The van der Waals surface area contributed by atoms with Crippen LogP contribution in [0.25, 0.3) is 0 Å². The molecule has 0 aliphatic carbocycles. The zero-order valence-electron chi connectivity index (χ0n) is 24.6. The van der Waals surface area contributed by atoms with E-state index in [2.05, 4.69) is 32.5 Å². The molecule has 0 bridgehead atoms. The van der Waals surface area contributed by atoms with Gasteiger partial charge in [0.2, 0.25) is 0 Å². The lowest BCUT2D eigenvalue weighted by molar-refractivity contribution is -0.199. The number of rotatable bonds is 27. The van der Waals surface area contributed by atoms with E-state index in [-0.39, 0.29) is 12.7 Å². The number of hydrogen-bond acceptors (Lipinski definition) is 7. The lowest BCUT2D eigenvalue weighted by Crippen LogP contribution is -2.39. The molecule has 0 rings (SSSR count). The molecule has 0 radical (unpaired) electrons. The topological polar surface area (TPSA) is 82.1 Å². The third-order valence-corrected chi connectivity index (χ3v) is 8.63. The third-order valence-electron chi connectivity index (χ3n) is 6.43. The molecule has 37 heavy (non-hydrogen) atoms. The molecule has 0 amide bonds. The number of esters is 1. The average molecular weight is 566 g/mol. The Morgan fingerprint density at radius 2 is 1.35 bits per heavy atom. The fourth-order valence-corrected chi connectivity index (χ4v) is 5.79. The van der Waals surface area contributed by atoms with E-state index < -0.39 is 26.1 Å². The first-order valence-corrected chi connectivity index (χ1v) is 17.0. The van der Waals surface area contributed by atoms with Crippen molar-refractivity contribution in [2.24, 2.45) is 0 Å². The molecule has 0 aromatic carbocycles. The Balaban J connectivity index is 4.34. The van der Waals surface area contributed by atoms with Crippen molar-refractivity contribution in [1.29, 1.82) is 0 Å². The molecule has 0 heterocycles. The Bertz CT molecular complexity index is 550. The summed E-state index contributed by atoms with van der Waals surface area (Å²) in [5.74, 6) is 0.169. The molecule has 0 spiro atoms. The van der Waals surface area contributed by atoms with Crippen LogP contribution in [0.2, 0.25) is 0 Å². The van der Waals surface area contributed by atoms with Crippen molar-refractivity contribution < 1.29 is 28.7 Å². The smallest absolute Gasteiger partial charge is 0.455 e. The number of carbonyl (C=O) groups excluding carboxylic acids is 1. The maximum atomic E-state index is 11.9. The second-order valence-corrected chi connectivity index (χ2v) is 12.6. The largest absolute Gasteiger partial charge is 0.470 e. The molecule has 6 nitrogen and oxygen atoms in total. The van der Waals surface area contributed by atoms with Crippen LogP contribution in [0, 0.1) is 0 Å². The fraction of sp³-hybridized carbons (Fsp3) is 0.966. The molecule has 0 aliphatic rings. The van der Waals surface area contributed by atoms with Crippen LogP contribution < -0.4 is 0 Å². The molecule has 220 valence electrons. The van der Waals surface area contributed by atoms with E-state index in [0.717, 1.165) is 0 Å². The summed E-state index contributed by atoms with van der Waals surface area (Å²) >= 11 is 2.05. The lowest BCUT2D eigenvalue weighted by Gasteiger charge is -2.24. The van der Waals surface area contributed by atoms with Gasteiger partial charge in [-0.3, -0.25) is 0 Å². The molecular formula is C29H58O6PS+. The van der Waals surface area contributed by atoms with E-state index >= 15 is 0 Å². The van der Waals surface area contributed by atoms with Crippen LogP contribution in [0.3, 0.4) is 0 Å². The zero-order chi connectivity index (χ0) is 27.8. The number of aliphatic hydroxyl groups is 1. The van der Waals surface area contributed by atoms with Gasteiger partial charge in [0.05, 0.1) is 18.8 Å². The molecule has 0 saturated carbocycles. The predicted molar refractivity (Wildman–Crippen MR) is 158 cm³/mol. The third kappa shape index (κ3) is 20.4. The second-order valence-electron chi connectivity index (χ2n) is 10.4. The maximum absolute atomic E-state index is 11.9. The molecule has 0 fully saturated rings. The van der Waals surface area contributed by atoms with Gasteiger partial charge in [-0.1, -0.05) is 102 Å². The number of hydrogen-bond donors (Lipinski definition) is 1. The van der Waals surface area contributed by atoms with Crippen molar-refractivity contribution in [2.75, 3.05) is 19.0 Å². The van der Waals surface area contributed by atoms with E-state index in [0.29, 0.717) is 18.3 Å². The maximum Gasteiger partial charge on any atom is 0.470 e. The van der Waals surface area contributed by atoms with Gasteiger partial charge in [0.1, 0.15) is 0 Å². The summed E-state index contributed by atoms with van der Waals surface area (Å²) in [5.41, 5.74) is -2.40. The van der Waals surface area contributed by atoms with Gasteiger partial charge in [0.25, 0.3) is 0 Å². The van der Waals surface area contributed by atoms with E-state index in [4.69, 9.17) is 14.2 Å². The van der Waals surface area contributed by atoms with Gasteiger partial charge in [-0.05, 0) is 45.8 Å². The van der Waals surface area contributed by atoms with Crippen molar-refractivity contribution in [3.05, 3.63) is 0 Å². The van der Waals surface area contributed by atoms with Crippen molar-refractivity contribution in [3.8, 4) is 0 Å². The number of unbranched alkanes of at least 4 members (excludes halogenated alkanes) is 12. The lowest BCUT2D eigenvalue weighted by atomic mass is 10.1. The Labute approximate surface area is 233 Å². The van der Waals surface area contributed by atoms with Crippen molar-refractivity contribution in [3.63, 3.8) is 0 Å². The van der Waals surface area contributed by atoms with Gasteiger partial charge >= 0.3 is 20.0 Å². The average Bonchev–Trinajstić information content (AvgIpc) is 2.87. The normalized spacial score (nSPS) is 15.1. The SMILES string of the molecule is CCCCCCCCCCCSC(CCCCCCC)C(C)OCCCOC(O)([PH+]=O)C(=O)OC(C)C. The zero-order valence-corrected chi connectivity index (χ0v) is 26.4. The van der Waals surface area contributed by atoms with Gasteiger partial charge in [-0.15, -0.1) is 0 Å². The van der Waals surface area contributed by atoms with Crippen LogP contribution >= 0.6 is 20.2 Å². The molecule has 0 aromatic rings. The highest BCUT2D eigenvalue weighted by Crippen LogP contribution is 2.26. The van der Waals surface area contributed by atoms with Gasteiger partial charge in [-0.2, -0.15) is 11.8 Å². The van der Waals surface area contributed by atoms with Gasteiger partial charge in [0, 0.05) is 11.9 Å². The minimum absolute atomic E-state index is 0.0684. The molecule has 0 aliphatic heterocycles. The van der Waals surface area contributed by atoms with Crippen LogP contribution in [0.1, 0.15) is 137 Å². The summed E-state index contributed by atoms with van der Waals surface area (Å²) in [6.07, 6.45) is 19.9. The van der Waals surface area contributed by atoms with Crippen LogP contribution in [0.5, 0.6) is 0 Å². The highest BCUT2D eigenvalue weighted by molar-refractivity contribution is 7.99. The Hall–Kier alpha value is -0.200. The minimum Gasteiger partial charge on any atom is -0.455 e. The Kier molecular flexibility index (Phi) is 24.7. The van der Waals surface area contributed by atoms with Crippen molar-refractivity contribution >= 4 is 26.2 Å². The number of ether oxygens (including phenoxy) is 3. The number of thioether (sulfide) groups is 1. The van der Waals surface area contributed by atoms with Crippen molar-refractivity contribution in [2.45, 2.75) is 160 Å². The van der Waals surface area contributed by atoms with Crippen molar-refractivity contribution in [1.82, 2.24) is 0 Å². The fourth-order valence-electron chi connectivity index (χ4n) is 4.13. The number of carbonyl (C=O) groups is 1. The van der Waals surface area contributed by atoms with E-state index in [1.54, 1.807) is 13.8 Å². The highest BCUT2D eigenvalue weighted by Gasteiger charge is 2.49. The van der Waals surface area contributed by atoms with Gasteiger partial charge in [-0.25, -0.2) is 4.79 Å². The van der Waals surface area contributed by atoms with Gasteiger partial charge < -0.3 is 19.3 Å². The van der Waals surface area contributed by atoms with Crippen LogP contribution in [0.4, 0.5) is 0 Å². The molecule has 1 N–H and O–H groups in total. The standard InChI is InChI=1S/C29H57O6PS/c1-6-8-10-12-13-14-15-17-19-24-37-27(21-18-16-11-9-7-2)26(5)33-22-20-23-34-29(31,36-32)28(30)35-25(3)4/h25-27,31H,6-24H2,1-5H3/p+1. The first-order chi connectivity index (χ1) is 17.8. The molecule has 8 heteroatoms. The quantitative estimate of drug-likeness (QED) is 0.0463. The van der Waals surface area contributed by atoms with E-state index in [1.165, 1.54) is 102 Å². The Morgan fingerprint density at radius 3 is 1.89 bits per heavy atom. The molecule has 4 atom stereocenters. The summed E-state index contributed by atoms with van der Waals surface area (Å²) in [6.45, 7) is 10.5. The first kappa shape index (κ1) is 36.8. The summed E-state index contributed by atoms with van der Waals surface area (Å²) in [7, 11) is -1.35. The molecular weight excluding hydrogens is 507 g/mol. The molecule has 4 unspecified atom stereocenters. The molecule has 0 saturated heterocycles. The molecule has 0 aromatic heterocycles. The summed E-state index contributed by atoms with van der Waals surface area (Å²) in [6, 6.07) is 0. The van der Waals surface area contributed by atoms with Crippen LogP contribution in [-0.2, 0) is 23.6 Å². The summed E-state index contributed by atoms with van der Waals surface area (Å²) < 4.78 is 27.6. The van der Waals surface area contributed by atoms with Gasteiger partial charge in [0.15, 0.2) is 0 Å². The summed E-state index contributed by atoms with van der Waals surface area (Å²) in [4.78, 5) is 11.9. The monoisotopic (exact) mass is 565 g/mol. The Morgan fingerprint density at radius 1 is 0.811 bits per heavy atom. The minimum atomic E-state index is -2.40. The highest BCUT2D eigenvalue weighted by atomic mass is 32.2.